The molecule has 1 saturated heterocycles. The van der Waals surface area contributed by atoms with Gasteiger partial charge in [-0.3, -0.25) is 0 Å². The average molecular weight is 294 g/mol. The van der Waals surface area contributed by atoms with Crippen molar-refractivity contribution in [1.29, 1.82) is 0 Å². The third-order valence-corrected chi connectivity index (χ3v) is 4.60. The van der Waals surface area contributed by atoms with E-state index in [4.69, 9.17) is 4.74 Å². The summed E-state index contributed by atoms with van der Waals surface area (Å²) < 4.78 is 5.02. The predicted molar refractivity (Wildman–Crippen MR) is 86.4 cm³/mol. The maximum atomic E-state index is 5.02. The first-order chi connectivity index (χ1) is 9.88. The van der Waals surface area contributed by atoms with Crippen LogP contribution in [0.1, 0.15) is 18.4 Å². The van der Waals surface area contributed by atoms with Gasteiger partial charge in [0.15, 0.2) is 0 Å². The van der Waals surface area contributed by atoms with Crippen LogP contribution < -0.4 is 5.32 Å². The number of ether oxygens (including phenoxy) is 1. The van der Waals surface area contributed by atoms with Gasteiger partial charge in [0, 0.05) is 37.4 Å². The summed E-state index contributed by atoms with van der Waals surface area (Å²) in [6.45, 7) is 6.42. The molecule has 1 heterocycles. The summed E-state index contributed by atoms with van der Waals surface area (Å²) in [6, 6.07) is 8.92. The lowest BCUT2D eigenvalue weighted by atomic mass is 10.2. The topological polar surface area (TPSA) is 24.5 Å². The van der Waals surface area contributed by atoms with Crippen molar-refractivity contribution >= 4 is 11.8 Å². The van der Waals surface area contributed by atoms with E-state index in [0.29, 0.717) is 0 Å². The summed E-state index contributed by atoms with van der Waals surface area (Å²) in [5.41, 5.74) is 1.34. The van der Waals surface area contributed by atoms with E-state index in [2.05, 4.69) is 34.5 Å². The molecule has 2 rings (SSSR count). The van der Waals surface area contributed by atoms with Crippen LogP contribution in [0.2, 0.25) is 0 Å². The van der Waals surface area contributed by atoms with E-state index in [1.165, 1.54) is 48.7 Å². The van der Waals surface area contributed by atoms with E-state index >= 15 is 0 Å². The molecule has 1 N–H and O–H groups in total. The Morgan fingerprint density at radius 3 is 2.65 bits per heavy atom. The minimum absolute atomic E-state index is 0.768. The Balaban J connectivity index is 1.63. The molecule has 1 aromatic carbocycles. The van der Waals surface area contributed by atoms with Crippen molar-refractivity contribution in [3.8, 4) is 0 Å². The fourth-order valence-corrected chi connectivity index (χ4v) is 3.32. The first-order valence-electron chi connectivity index (χ1n) is 7.52. The standard InChI is InChI=1S/C16H26N2OS/c1-19-12-8-17-14-15-4-6-16(7-5-15)20-13-11-18-9-2-3-10-18/h4-7,17H,2-3,8-14H2,1H3. The molecule has 1 fully saturated rings. The van der Waals surface area contributed by atoms with Gasteiger partial charge in [-0.2, -0.15) is 0 Å². The molecular weight excluding hydrogens is 268 g/mol. The normalized spacial score (nSPS) is 15.8. The number of hydrogen-bond donors (Lipinski definition) is 1. The highest BCUT2D eigenvalue weighted by Gasteiger charge is 2.10. The Labute approximate surface area is 127 Å². The smallest absolute Gasteiger partial charge is 0.0587 e. The second-order valence-corrected chi connectivity index (χ2v) is 6.38. The van der Waals surface area contributed by atoms with Crippen molar-refractivity contribution in [2.75, 3.05) is 45.6 Å². The second kappa shape index (κ2) is 9.40. The molecule has 20 heavy (non-hydrogen) atoms. The highest BCUT2D eigenvalue weighted by atomic mass is 32.2. The van der Waals surface area contributed by atoms with Crippen LogP contribution in [0, 0.1) is 0 Å². The van der Waals surface area contributed by atoms with Gasteiger partial charge in [0.2, 0.25) is 0 Å². The molecule has 0 radical (unpaired) electrons. The van der Waals surface area contributed by atoms with Crippen LogP contribution in [0.4, 0.5) is 0 Å². The molecule has 0 atom stereocenters. The number of benzene rings is 1. The van der Waals surface area contributed by atoms with Crippen LogP contribution in [0.5, 0.6) is 0 Å². The molecule has 0 amide bonds. The van der Waals surface area contributed by atoms with E-state index in [1.807, 2.05) is 11.8 Å². The summed E-state index contributed by atoms with van der Waals surface area (Å²) >= 11 is 1.97. The Morgan fingerprint density at radius 1 is 1.20 bits per heavy atom. The van der Waals surface area contributed by atoms with Crippen LogP contribution in [-0.4, -0.2) is 50.5 Å². The van der Waals surface area contributed by atoms with Crippen molar-refractivity contribution in [3.05, 3.63) is 29.8 Å². The number of nitrogens with one attached hydrogen (secondary N) is 1. The van der Waals surface area contributed by atoms with E-state index in [0.717, 1.165) is 19.7 Å². The monoisotopic (exact) mass is 294 g/mol. The average Bonchev–Trinajstić information content (AvgIpc) is 2.98. The van der Waals surface area contributed by atoms with Crippen LogP contribution in [0.15, 0.2) is 29.2 Å². The maximum Gasteiger partial charge on any atom is 0.0587 e. The van der Waals surface area contributed by atoms with Crippen molar-refractivity contribution in [3.63, 3.8) is 0 Å². The minimum atomic E-state index is 0.768. The molecule has 0 unspecified atom stereocenters. The summed E-state index contributed by atoms with van der Waals surface area (Å²) in [6.07, 6.45) is 2.77. The molecule has 0 spiro atoms. The number of likely N-dealkylation sites (tertiary alicyclic amines) is 1. The van der Waals surface area contributed by atoms with E-state index < -0.39 is 0 Å². The van der Waals surface area contributed by atoms with Gasteiger partial charge in [-0.05, 0) is 43.6 Å². The van der Waals surface area contributed by atoms with Crippen molar-refractivity contribution < 1.29 is 4.74 Å². The predicted octanol–water partition coefficient (Wildman–Crippen LogP) is 2.61. The molecule has 3 nitrogen and oxygen atoms in total. The molecule has 1 aromatic rings. The van der Waals surface area contributed by atoms with Gasteiger partial charge in [-0.25, -0.2) is 0 Å². The molecule has 0 aromatic heterocycles. The van der Waals surface area contributed by atoms with Gasteiger partial charge in [-0.15, -0.1) is 11.8 Å². The molecule has 4 heteroatoms. The second-order valence-electron chi connectivity index (χ2n) is 5.21. The fraction of sp³-hybridized carbons (Fsp3) is 0.625. The lowest BCUT2D eigenvalue weighted by Gasteiger charge is -2.13. The van der Waals surface area contributed by atoms with Crippen molar-refractivity contribution in [1.82, 2.24) is 10.2 Å². The maximum absolute atomic E-state index is 5.02. The van der Waals surface area contributed by atoms with Gasteiger partial charge in [-0.1, -0.05) is 12.1 Å². The van der Waals surface area contributed by atoms with Gasteiger partial charge < -0.3 is 15.0 Å². The Hall–Kier alpha value is -0.550. The van der Waals surface area contributed by atoms with Crippen LogP contribution in [0.25, 0.3) is 0 Å². The van der Waals surface area contributed by atoms with Gasteiger partial charge >= 0.3 is 0 Å². The zero-order chi connectivity index (χ0) is 14.0. The quantitative estimate of drug-likeness (QED) is 0.559. The summed E-state index contributed by atoms with van der Waals surface area (Å²) in [4.78, 5) is 3.95. The Bertz CT molecular complexity index is 363. The largest absolute Gasteiger partial charge is 0.383 e. The summed E-state index contributed by atoms with van der Waals surface area (Å²) in [7, 11) is 1.73. The molecular formula is C16H26N2OS. The van der Waals surface area contributed by atoms with Gasteiger partial charge in [0.1, 0.15) is 0 Å². The summed E-state index contributed by atoms with van der Waals surface area (Å²) in [5.74, 6) is 1.20. The first-order valence-corrected chi connectivity index (χ1v) is 8.51. The van der Waals surface area contributed by atoms with E-state index in [1.54, 1.807) is 7.11 Å². The SMILES string of the molecule is COCCNCc1ccc(SCCN2CCCC2)cc1. The minimum Gasteiger partial charge on any atom is -0.383 e. The number of nitrogens with zero attached hydrogens (tertiary/aromatic N) is 1. The Kier molecular flexibility index (Phi) is 7.44. The van der Waals surface area contributed by atoms with E-state index in [-0.39, 0.29) is 0 Å². The number of rotatable bonds is 9. The molecule has 0 saturated carbocycles. The zero-order valence-electron chi connectivity index (χ0n) is 12.4. The molecule has 1 aliphatic rings. The van der Waals surface area contributed by atoms with Crippen molar-refractivity contribution in [2.24, 2.45) is 0 Å². The molecule has 0 bridgehead atoms. The zero-order valence-corrected chi connectivity index (χ0v) is 13.3. The highest BCUT2D eigenvalue weighted by Crippen LogP contribution is 2.19. The molecule has 0 aliphatic carbocycles. The third-order valence-electron chi connectivity index (χ3n) is 3.61. The number of hydrogen-bond acceptors (Lipinski definition) is 4. The van der Waals surface area contributed by atoms with Crippen LogP contribution >= 0.6 is 11.8 Å². The molecule has 112 valence electrons. The van der Waals surface area contributed by atoms with E-state index in [9.17, 15) is 0 Å². The number of methoxy groups -OCH3 is 1. The fourth-order valence-electron chi connectivity index (χ4n) is 2.41. The third kappa shape index (κ3) is 5.83. The lowest BCUT2D eigenvalue weighted by molar-refractivity contribution is 0.199. The van der Waals surface area contributed by atoms with Crippen LogP contribution in [0.3, 0.4) is 0 Å². The number of thioether (sulfide) groups is 1. The van der Waals surface area contributed by atoms with Gasteiger partial charge in [0.25, 0.3) is 0 Å². The van der Waals surface area contributed by atoms with Gasteiger partial charge in [0.05, 0.1) is 6.61 Å². The van der Waals surface area contributed by atoms with Crippen LogP contribution in [-0.2, 0) is 11.3 Å². The Morgan fingerprint density at radius 2 is 1.95 bits per heavy atom. The first kappa shape index (κ1) is 15.8. The molecule has 1 aliphatic heterocycles. The lowest BCUT2D eigenvalue weighted by Crippen LogP contribution is -2.21. The summed E-state index contributed by atoms with van der Waals surface area (Å²) in [5, 5.41) is 3.36. The van der Waals surface area contributed by atoms with Crippen molar-refractivity contribution in [2.45, 2.75) is 24.3 Å². The highest BCUT2D eigenvalue weighted by molar-refractivity contribution is 7.99.